The summed E-state index contributed by atoms with van der Waals surface area (Å²) in [5.74, 6) is 0.852. The maximum absolute atomic E-state index is 12.5. The molecule has 1 aliphatic carbocycles. The summed E-state index contributed by atoms with van der Waals surface area (Å²) in [6.07, 6.45) is 2.45. The average Bonchev–Trinajstić information content (AvgIpc) is 3.25. The number of hydrogen-bond donors (Lipinski definition) is 0. The monoisotopic (exact) mass is 297 g/mol. The molecule has 1 aromatic heterocycles. The van der Waals surface area contributed by atoms with E-state index >= 15 is 0 Å². The summed E-state index contributed by atoms with van der Waals surface area (Å²) in [6, 6.07) is 8.65. The number of benzene rings is 1. The van der Waals surface area contributed by atoms with E-state index in [1.807, 2.05) is 45.0 Å². The highest BCUT2D eigenvalue weighted by Gasteiger charge is 2.28. The first-order valence-corrected chi connectivity index (χ1v) is 7.89. The van der Waals surface area contributed by atoms with Gasteiger partial charge in [-0.05, 0) is 63.8 Å². The van der Waals surface area contributed by atoms with Crippen molar-refractivity contribution < 1.29 is 9.53 Å². The van der Waals surface area contributed by atoms with Crippen molar-refractivity contribution in [3.8, 4) is 5.75 Å². The highest BCUT2D eigenvalue weighted by Crippen LogP contribution is 2.38. The SMILES string of the molecule is Cc1ccc(C)c(OCC(=O)c2cc(C)n(C3CC3)c2C)c1. The molecule has 22 heavy (non-hydrogen) atoms. The maximum Gasteiger partial charge on any atom is 0.202 e. The fraction of sp³-hybridized carbons (Fsp3) is 0.421. The van der Waals surface area contributed by atoms with Gasteiger partial charge in [0.1, 0.15) is 5.75 Å². The molecule has 1 saturated carbocycles. The molecule has 0 atom stereocenters. The molecule has 0 spiro atoms. The van der Waals surface area contributed by atoms with Crippen LogP contribution in [0.25, 0.3) is 0 Å². The summed E-state index contributed by atoms with van der Waals surface area (Å²) in [7, 11) is 0. The van der Waals surface area contributed by atoms with Gasteiger partial charge in [-0.2, -0.15) is 0 Å². The molecule has 3 rings (SSSR count). The van der Waals surface area contributed by atoms with Crippen LogP contribution in [0, 0.1) is 27.7 Å². The zero-order valence-corrected chi connectivity index (χ0v) is 13.8. The molecule has 116 valence electrons. The first-order chi connectivity index (χ1) is 10.5. The van der Waals surface area contributed by atoms with Crippen molar-refractivity contribution in [3.63, 3.8) is 0 Å². The number of nitrogens with zero attached hydrogens (tertiary/aromatic N) is 1. The van der Waals surface area contributed by atoms with Gasteiger partial charge in [0.2, 0.25) is 5.78 Å². The van der Waals surface area contributed by atoms with E-state index in [0.29, 0.717) is 6.04 Å². The van der Waals surface area contributed by atoms with E-state index in [4.69, 9.17) is 4.74 Å². The Bertz CT molecular complexity index is 723. The van der Waals surface area contributed by atoms with Crippen molar-refractivity contribution >= 4 is 5.78 Å². The smallest absolute Gasteiger partial charge is 0.202 e. The molecule has 0 unspecified atom stereocenters. The van der Waals surface area contributed by atoms with Crippen LogP contribution < -0.4 is 4.74 Å². The molecule has 0 aliphatic heterocycles. The normalized spacial score (nSPS) is 14.2. The summed E-state index contributed by atoms with van der Waals surface area (Å²) in [6.45, 7) is 8.24. The Kier molecular flexibility index (Phi) is 3.81. The lowest BCUT2D eigenvalue weighted by molar-refractivity contribution is 0.0920. The number of ketones is 1. The highest BCUT2D eigenvalue weighted by molar-refractivity contribution is 5.98. The van der Waals surface area contributed by atoms with Gasteiger partial charge >= 0.3 is 0 Å². The zero-order chi connectivity index (χ0) is 15.9. The predicted octanol–water partition coefficient (Wildman–Crippen LogP) is 4.32. The lowest BCUT2D eigenvalue weighted by Crippen LogP contribution is -2.13. The Balaban J connectivity index is 1.75. The molecule has 0 radical (unpaired) electrons. The molecule has 1 aromatic carbocycles. The summed E-state index contributed by atoms with van der Waals surface area (Å²) in [5.41, 5.74) is 5.25. The fourth-order valence-electron chi connectivity index (χ4n) is 3.04. The number of ether oxygens (including phenoxy) is 1. The molecule has 0 saturated heterocycles. The van der Waals surface area contributed by atoms with Crippen molar-refractivity contribution in [2.75, 3.05) is 6.61 Å². The number of carbonyl (C=O) groups is 1. The number of aromatic nitrogens is 1. The van der Waals surface area contributed by atoms with Gasteiger partial charge in [0.15, 0.2) is 6.61 Å². The Morgan fingerprint density at radius 3 is 2.59 bits per heavy atom. The van der Waals surface area contributed by atoms with E-state index in [1.54, 1.807) is 0 Å². The average molecular weight is 297 g/mol. The first kappa shape index (κ1) is 14.9. The van der Waals surface area contributed by atoms with Gasteiger partial charge in [-0.3, -0.25) is 4.79 Å². The van der Waals surface area contributed by atoms with E-state index in [-0.39, 0.29) is 12.4 Å². The topological polar surface area (TPSA) is 31.2 Å². The molecule has 2 aromatic rings. The molecule has 0 bridgehead atoms. The van der Waals surface area contributed by atoms with Gasteiger partial charge in [-0.15, -0.1) is 0 Å². The van der Waals surface area contributed by atoms with Crippen molar-refractivity contribution in [2.45, 2.75) is 46.6 Å². The van der Waals surface area contributed by atoms with E-state index in [9.17, 15) is 4.79 Å². The van der Waals surface area contributed by atoms with E-state index in [1.165, 1.54) is 18.5 Å². The van der Waals surface area contributed by atoms with Crippen LogP contribution in [0.4, 0.5) is 0 Å². The number of rotatable bonds is 5. The summed E-state index contributed by atoms with van der Waals surface area (Å²) in [4.78, 5) is 12.5. The van der Waals surface area contributed by atoms with E-state index in [2.05, 4.69) is 11.5 Å². The molecular formula is C19H23NO2. The van der Waals surface area contributed by atoms with E-state index < -0.39 is 0 Å². The van der Waals surface area contributed by atoms with Crippen molar-refractivity contribution in [3.05, 3.63) is 52.3 Å². The number of Topliss-reactive ketones (excluding diaryl/α,β-unsaturated/α-hetero) is 1. The van der Waals surface area contributed by atoms with Crippen molar-refractivity contribution in [1.82, 2.24) is 4.57 Å². The standard InChI is InChI=1S/C19H23NO2/c1-12-5-6-13(2)19(9-12)22-11-18(21)17-10-14(3)20(15(17)4)16-7-8-16/h5-6,9-10,16H,7-8,11H2,1-4H3. The zero-order valence-electron chi connectivity index (χ0n) is 13.8. The molecule has 0 N–H and O–H groups in total. The number of aryl methyl sites for hydroxylation is 3. The highest BCUT2D eigenvalue weighted by atomic mass is 16.5. The van der Waals surface area contributed by atoms with Crippen LogP contribution >= 0.6 is 0 Å². The van der Waals surface area contributed by atoms with Gasteiger partial charge in [-0.25, -0.2) is 0 Å². The minimum atomic E-state index is 0.0564. The van der Waals surface area contributed by atoms with Crippen LogP contribution in [0.5, 0.6) is 5.75 Å². The van der Waals surface area contributed by atoms with Crippen LogP contribution in [-0.2, 0) is 0 Å². The minimum absolute atomic E-state index is 0.0564. The molecule has 3 nitrogen and oxygen atoms in total. The molecule has 3 heteroatoms. The van der Waals surface area contributed by atoms with Crippen molar-refractivity contribution in [1.29, 1.82) is 0 Å². The largest absolute Gasteiger partial charge is 0.485 e. The first-order valence-electron chi connectivity index (χ1n) is 7.89. The molecule has 1 aliphatic rings. The van der Waals surface area contributed by atoms with Gasteiger partial charge in [0.05, 0.1) is 0 Å². The third-order valence-corrected chi connectivity index (χ3v) is 4.40. The molecule has 1 heterocycles. The summed E-state index contributed by atoms with van der Waals surface area (Å²) >= 11 is 0. The second-order valence-corrected chi connectivity index (χ2v) is 6.37. The van der Waals surface area contributed by atoms with E-state index in [0.717, 1.165) is 28.1 Å². The van der Waals surface area contributed by atoms with Gasteiger partial charge in [-0.1, -0.05) is 12.1 Å². The second kappa shape index (κ2) is 5.64. The molecule has 1 fully saturated rings. The second-order valence-electron chi connectivity index (χ2n) is 6.37. The third kappa shape index (κ3) is 2.80. The van der Waals surface area contributed by atoms with Gasteiger partial charge in [0, 0.05) is 23.0 Å². The van der Waals surface area contributed by atoms with Crippen LogP contribution in [0.15, 0.2) is 24.3 Å². The Morgan fingerprint density at radius 2 is 1.91 bits per heavy atom. The van der Waals surface area contributed by atoms with Crippen LogP contribution in [-0.4, -0.2) is 17.0 Å². The van der Waals surface area contributed by atoms with Crippen LogP contribution in [0.1, 0.15) is 51.8 Å². The van der Waals surface area contributed by atoms with Gasteiger partial charge < -0.3 is 9.30 Å². The van der Waals surface area contributed by atoms with Gasteiger partial charge in [0.25, 0.3) is 0 Å². The lowest BCUT2D eigenvalue weighted by Gasteiger charge is -2.10. The van der Waals surface area contributed by atoms with Crippen molar-refractivity contribution in [2.24, 2.45) is 0 Å². The quantitative estimate of drug-likeness (QED) is 0.770. The third-order valence-electron chi connectivity index (χ3n) is 4.40. The fourth-order valence-corrected chi connectivity index (χ4v) is 3.04. The maximum atomic E-state index is 12.5. The molecule has 0 amide bonds. The summed E-state index contributed by atoms with van der Waals surface area (Å²) in [5, 5.41) is 0. The molecular weight excluding hydrogens is 274 g/mol. The number of carbonyl (C=O) groups excluding carboxylic acids is 1. The minimum Gasteiger partial charge on any atom is -0.485 e. The summed E-state index contributed by atoms with van der Waals surface area (Å²) < 4.78 is 8.05. The van der Waals surface area contributed by atoms with Crippen LogP contribution in [0.3, 0.4) is 0 Å². The van der Waals surface area contributed by atoms with Crippen LogP contribution in [0.2, 0.25) is 0 Å². The number of hydrogen-bond acceptors (Lipinski definition) is 2. The predicted molar refractivity (Wildman–Crippen MR) is 87.9 cm³/mol. The Labute approximate surface area is 131 Å². The Morgan fingerprint density at radius 1 is 1.18 bits per heavy atom. The Hall–Kier alpha value is -2.03. The lowest BCUT2D eigenvalue weighted by atomic mass is 10.1.